The molecule has 0 saturated heterocycles. The number of carboxylic acid groups (broad SMARTS) is 1. The highest BCUT2D eigenvalue weighted by molar-refractivity contribution is 5.85. The first-order valence-electron chi connectivity index (χ1n) is 3.69. The predicted octanol–water partition coefficient (Wildman–Crippen LogP) is 1.35. The number of nitrogens with zero attached hydrogens (tertiary/aromatic N) is 1. The van der Waals surface area contributed by atoms with Crippen LogP contribution in [-0.4, -0.2) is 21.1 Å². The average Bonchev–Trinajstić information content (AvgIpc) is 2.07. The fourth-order valence-electron chi connectivity index (χ4n) is 1.000. The van der Waals surface area contributed by atoms with Crippen LogP contribution in [0, 0.1) is 10.1 Å². The molecule has 0 radical (unpaired) electrons. The highest BCUT2D eigenvalue weighted by Crippen LogP contribution is 2.26. The molecule has 0 aliphatic rings. The van der Waals surface area contributed by atoms with Crippen molar-refractivity contribution >= 4 is 24.1 Å². The molecular formula is C8H8ClNO5. The van der Waals surface area contributed by atoms with E-state index in [0.29, 0.717) is 0 Å². The number of halogens is 1. The molecule has 0 unspecified atom stereocenters. The lowest BCUT2D eigenvalue weighted by atomic mass is 10.1. The normalized spacial score (nSPS) is 9.07. The zero-order valence-electron chi connectivity index (χ0n) is 7.41. The number of nitro groups is 1. The van der Waals surface area contributed by atoms with E-state index in [0.717, 1.165) is 12.1 Å². The number of benzene rings is 1. The quantitative estimate of drug-likeness (QED) is 0.606. The predicted molar refractivity (Wildman–Crippen MR) is 53.3 cm³/mol. The summed E-state index contributed by atoms with van der Waals surface area (Å²) in [6.07, 6.45) is -0.304. The summed E-state index contributed by atoms with van der Waals surface area (Å²) in [6.45, 7) is 0. The van der Waals surface area contributed by atoms with Gasteiger partial charge in [0, 0.05) is 6.07 Å². The summed E-state index contributed by atoms with van der Waals surface area (Å²) in [5.74, 6) is -1.55. The van der Waals surface area contributed by atoms with Gasteiger partial charge in [-0.25, -0.2) is 0 Å². The molecule has 1 aromatic carbocycles. The second kappa shape index (κ2) is 5.16. The SMILES string of the molecule is Cl.O=C(O)Cc1ccc(O)c([N+](=O)[O-])c1. The van der Waals surface area contributed by atoms with Crippen molar-refractivity contribution in [2.45, 2.75) is 6.42 Å². The Morgan fingerprint density at radius 2 is 2.07 bits per heavy atom. The molecule has 0 spiro atoms. The van der Waals surface area contributed by atoms with Crippen LogP contribution < -0.4 is 0 Å². The van der Waals surface area contributed by atoms with Crippen molar-refractivity contribution in [2.75, 3.05) is 0 Å². The lowest BCUT2D eigenvalue weighted by Gasteiger charge is -1.98. The molecule has 0 saturated carbocycles. The number of rotatable bonds is 3. The van der Waals surface area contributed by atoms with Crippen LogP contribution in [0.3, 0.4) is 0 Å². The van der Waals surface area contributed by atoms with Crippen molar-refractivity contribution in [2.24, 2.45) is 0 Å². The van der Waals surface area contributed by atoms with Crippen molar-refractivity contribution < 1.29 is 19.9 Å². The Bertz CT molecular complexity index is 393. The summed E-state index contributed by atoms with van der Waals surface area (Å²) in [6, 6.07) is 3.48. The molecule has 0 fully saturated rings. The van der Waals surface area contributed by atoms with Crippen LogP contribution in [0.5, 0.6) is 5.75 Å². The van der Waals surface area contributed by atoms with Gasteiger partial charge in [0.1, 0.15) is 0 Å². The molecule has 15 heavy (non-hydrogen) atoms. The van der Waals surface area contributed by atoms with Crippen molar-refractivity contribution in [1.29, 1.82) is 0 Å². The van der Waals surface area contributed by atoms with Gasteiger partial charge in [0.2, 0.25) is 0 Å². The van der Waals surface area contributed by atoms with E-state index in [-0.39, 0.29) is 24.4 Å². The monoisotopic (exact) mass is 233 g/mol. The molecule has 0 amide bonds. The summed E-state index contributed by atoms with van der Waals surface area (Å²) in [4.78, 5) is 19.9. The van der Waals surface area contributed by atoms with Gasteiger partial charge in [-0.1, -0.05) is 6.07 Å². The fraction of sp³-hybridized carbons (Fsp3) is 0.125. The van der Waals surface area contributed by atoms with E-state index in [9.17, 15) is 14.9 Å². The van der Waals surface area contributed by atoms with E-state index >= 15 is 0 Å². The van der Waals surface area contributed by atoms with Crippen molar-refractivity contribution in [3.8, 4) is 5.75 Å². The summed E-state index contributed by atoms with van der Waals surface area (Å²) in [5, 5.41) is 27.8. The number of aliphatic carboxylic acids is 1. The van der Waals surface area contributed by atoms with Crippen LogP contribution in [-0.2, 0) is 11.2 Å². The molecule has 0 heterocycles. The highest BCUT2D eigenvalue weighted by atomic mass is 35.5. The molecule has 2 N–H and O–H groups in total. The zero-order valence-corrected chi connectivity index (χ0v) is 8.23. The number of hydrogen-bond acceptors (Lipinski definition) is 4. The summed E-state index contributed by atoms with van der Waals surface area (Å²) < 4.78 is 0. The maximum absolute atomic E-state index is 10.4. The minimum absolute atomic E-state index is 0. The Morgan fingerprint density at radius 1 is 1.47 bits per heavy atom. The van der Waals surface area contributed by atoms with Gasteiger partial charge in [0.05, 0.1) is 11.3 Å². The molecular weight excluding hydrogens is 226 g/mol. The highest BCUT2D eigenvalue weighted by Gasteiger charge is 2.14. The van der Waals surface area contributed by atoms with Crippen LogP contribution in [0.25, 0.3) is 0 Å². The molecule has 0 atom stereocenters. The molecule has 7 heteroatoms. The molecule has 82 valence electrons. The van der Waals surface area contributed by atoms with Gasteiger partial charge in [-0.2, -0.15) is 0 Å². The van der Waals surface area contributed by atoms with Gasteiger partial charge in [-0.3, -0.25) is 14.9 Å². The largest absolute Gasteiger partial charge is 0.502 e. The Labute approximate surface area is 90.7 Å². The van der Waals surface area contributed by atoms with Gasteiger partial charge in [-0.15, -0.1) is 12.4 Å². The standard InChI is InChI=1S/C8H7NO5.ClH/c10-7-2-1-5(4-8(11)12)3-6(7)9(13)14;/h1-3,10H,4H2,(H,11,12);1H. The molecule has 0 aliphatic carbocycles. The Balaban J connectivity index is 0.00000196. The van der Waals surface area contributed by atoms with E-state index in [4.69, 9.17) is 10.2 Å². The topological polar surface area (TPSA) is 101 Å². The maximum atomic E-state index is 10.4. The van der Waals surface area contributed by atoms with Gasteiger partial charge < -0.3 is 10.2 Å². The minimum Gasteiger partial charge on any atom is -0.502 e. The van der Waals surface area contributed by atoms with Crippen molar-refractivity contribution in [3.05, 3.63) is 33.9 Å². The first kappa shape index (κ1) is 13.2. The maximum Gasteiger partial charge on any atom is 0.310 e. The second-order valence-corrected chi connectivity index (χ2v) is 2.65. The van der Waals surface area contributed by atoms with Crippen LogP contribution in [0.15, 0.2) is 18.2 Å². The summed E-state index contributed by atoms with van der Waals surface area (Å²) >= 11 is 0. The van der Waals surface area contributed by atoms with Crippen LogP contribution in [0.4, 0.5) is 5.69 Å². The Morgan fingerprint density at radius 3 is 2.53 bits per heavy atom. The third kappa shape index (κ3) is 3.43. The van der Waals surface area contributed by atoms with Crippen molar-refractivity contribution in [3.63, 3.8) is 0 Å². The minimum atomic E-state index is -1.08. The average molecular weight is 234 g/mol. The molecule has 0 aliphatic heterocycles. The number of carbonyl (C=O) groups is 1. The number of nitro benzene ring substituents is 1. The third-order valence-corrected chi connectivity index (χ3v) is 1.59. The van der Waals surface area contributed by atoms with E-state index < -0.39 is 22.3 Å². The molecule has 1 aromatic rings. The molecule has 0 bridgehead atoms. The van der Waals surface area contributed by atoms with Gasteiger partial charge in [0.25, 0.3) is 0 Å². The number of hydrogen-bond donors (Lipinski definition) is 2. The third-order valence-electron chi connectivity index (χ3n) is 1.59. The number of carboxylic acids is 1. The van der Waals surface area contributed by atoms with E-state index in [1.165, 1.54) is 6.07 Å². The van der Waals surface area contributed by atoms with E-state index in [1.54, 1.807) is 0 Å². The molecule has 6 nitrogen and oxygen atoms in total. The van der Waals surface area contributed by atoms with E-state index in [1.807, 2.05) is 0 Å². The number of aromatic hydroxyl groups is 1. The zero-order chi connectivity index (χ0) is 10.7. The first-order valence-corrected chi connectivity index (χ1v) is 3.69. The fourth-order valence-corrected chi connectivity index (χ4v) is 1.000. The van der Waals surface area contributed by atoms with E-state index in [2.05, 4.69) is 0 Å². The summed E-state index contributed by atoms with van der Waals surface area (Å²) in [7, 11) is 0. The van der Waals surface area contributed by atoms with Crippen LogP contribution >= 0.6 is 12.4 Å². The lowest BCUT2D eigenvalue weighted by molar-refractivity contribution is -0.385. The Kier molecular flexibility index (Phi) is 4.53. The van der Waals surface area contributed by atoms with Gasteiger partial charge in [0.15, 0.2) is 5.75 Å². The lowest BCUT2D eigenvalue weighted by Crippen LogP contribution is -2.00. The Hall–Kier alpha value is -1.82. The smallest absolute Gasteiger partial charge is 0.310 e. The molecule has 0 aromatic heterocycles. The van der Waals surface area contributed by atoms with Crippen LogP contribution in [0.2, 0.25) is 0 Å². The first-order chi connectivity index (χ1) is 6.50. The van der Waals surface area contributed by atoms with Crippen molar-refractivity contribution in [1.82, 2.24) is 0 Å². The number of phenols is 1. The second-order valence-electron chi connectivity index (χ2n) is 2.65. The number of phenolic OH excluding ortho intramolecular Hbond substituents is 1. The van der Waals surface area contributed by atoms with Crippen LogP contribution in [0.1, 0.15) is 5.56 Å². The van der Waals surface area contributed by atoms with Gasteiger partial charge >= 0.3 is 11.7 Å². The molecule has 1 rings (SSSR count). The van der Waals surface area contributed by atoms with Gasteiger partial charge in [-0.05, 0) is 11.6 Å². The summed E-state index contributed by atoms with van der Waals surface area (Å²) in [5.41, 5.74) is -0.203.